The molecule has 1 atom stereocenters. The van der Waals surface area contributed by atoms with Crippen LogP contribution >= 0.6 is 0 Å². The van der Waals surface area contributed by atoms with Gasteiger partial charge in [-0.15, -0.1) is 0 Å². The fourth-order valence-electron chi connectivity index (χ4n) is 1.20. The van der Waals surface area contributed by atoms with E-state index in [1.54, 1.807) is 0 Å². The third kappa shape index (κ3) is 4.88. The van der Waals surface area contributed by atoms with Crippen molar-refractivity contribution in [2.24, 2.45) is 5.73 Å². The van der Waals surface area contributed by atoms with E-state index in [0.29, 0.717) is 6.07 Å². The van der Waals surface area contributed by atoms with E-state index in [4.69, 9.17) is 10.8 Å². The van der Waals surface area contributed by atoms with Crippen LogP contribution in [0.1, 0.15) is 12.8 Å². The summed E-state index contributed by atoms with van der Waals surface area (Å²) in [6, 6.07) is 1.68. The van der Waals surface area contributed by atoms with Crippen molar-refractivity contribution in [2.45, 2.75) is 18.9 Å². The van der Waals surface area contributed by atoms with Crippen LogP contribution in [0.2, 0.25) is 0 Å². The Morgan fingerprint density at radius 3 is 2.63 bits per heavy atom. The molecule has 1 aromatic carbocycles. The molecule has 5 N–H and O–H groups in total. The van der Waals surface area contributed by atoms with Crippen LogP contribution in [0.5, 0.6) is 0 Å². The fraction of sp³-hybridized carbons (Fsp3) is 0.273. The number of hydrogen-bond donors (Lipinski definition) is 4. The van der Waals surface area contributed by atoms with Crippen LogP contribution in [0, 0.1) is 11.6 Å². The summed E-state index contributed by atoms with van der Waals surface area (Å²) in [5.41, 5.74) is 9.53. The van der Waals surface area contributed by atoms with Crippen molar-refractivity contribution >= 4 is 17.6 Å². The maximum Gasteiger partial charge on any atom is 0.320 e. The minimum Gasteiger partial charge on any atom is -0.480 e. The van der Waals surface area contributed by atoms with E-state index in [9.17, 15) is 18.4 Å². The Bertz CT molecular complexity index is 482. The lowest BCUT2D eigenvalue weighted by atomic mass is 10.2. The van der Waals surface area contributed by atoms with Gasteiger partial charge < -0.3 is 10.8 Å². The standard InChI is InChI=1S/C11H13F2N3O3/c12-6-1-3-9(7(13)5-6)15-16-10(17)4-2-8(14)11(18)19/h1,3,5,8,15H,2,4,14H2,(H,16,17)(H,18,19)/t8-/m0/s1. The highest BCUT2D eigenvalue weighted by atomic mass is 19.1. The van der Waals surface area contributed by atoms with Crippen LogP contribution in [0.3, 0.4) is 0 Å². The van der Waals surface area contributed by atoms with E-state index >= 15 is 0 Å². The number of nitrogens with two attached hydrogens (primary N) is 1. The Labute approximate surface area is 107 Å². The summed E-state index contributed by atoms with van der Waals surface area (Å²) >= 11 is 0. The van der Waals surface area contributed by atoms with Gasteiger partial charge in [-0.2, -0.15) is 0 Å². The molecule has 0 bridgehead atoms. The molecule has 0 saturated heterocycles. The molecule has 1 aromatic rings. The fourth-order valence-corrected chi connectivity index (χ4v) is 1.20. The first kappa shape index (κ1) is 14.8. The third-order valence-electron chi connectivity index (χ3n) is 2.27. The molecule has 104 valence electrons. The highest BCUT2D eigenvalue weighted by molar-refractivity contribution is 5.79. The first-order valence-corrected chi connectivity index (χ1v) is 5.38. The summed E-state index contributed by atoms with van der Waals surface area (Å²) in [6.07, 6.45) is -0.183. The molecule has 0 aliphatic carbocycles. The molecule has 0 heterocycles. The number of hydrogen-bond acceptors (Lipinski definition) is 4. The molecular formula is C11H13F2N3O3. The predicted octanol–water partition coefficient (Wildman–Crippen LogP) is 0.600. The van der Waals surface area contributed by atoms with Gasteiger partial charge in [0.15, 0.2) is 5.82 Å². The van der Waals surface area contributed by atoms with Crippen molar-refractivity contribution in [2.75, 3.05) is 5.43 Å². The monoisotopic (exact) mass is 273 g/mol. The molecule has 0 spiro atoms. The topological polar surface area (TPSA) is 104 Å². The maximum absolute atomic E-state index is 13.2. The Kier molecular flexibility index (Phi) is 5.19. The molecule has 1 rings (SSSR count). The van der Waals surface area contributed by atoms with Crippen LogP contribution in [0.15, 0.2) is 18.2 Å². The average molecular weight is 273 g/mol. The van der Waals surface area contributed by atoms with Crippen LogP contribution in [-0.4, -0.2) is 23.0 Å². The smallest absolute Gasteiger partial charge is 0.320 e. The van der Waals surface area contributed by atoms with E-state index in [2.05, 4.69) is 10.9 Å². The number of carboxylic acid groups (broad SMARTS) is 1. The van der Waals surface area contributed by atoms with Crippen molar-refractivity contribution in [1.82, 2.24) is 5.43 Å². The van der Waals surface area contributed by atoms with Crippen LogP contribution < -0.4 is 16.6 Å². The van der Waals surface area contributed by atoms with E-state index in [1.807, 2.05) is 0 Å². The number of amides is 1. The van der Waals surface area contributed by atoms with Crippen LogP contribution in [0.25, 0.3) is 0 Å². The van der Waals surface area contributed by atoms with E-state index in [1.165, 1.54) is 0 Å². The number of carbonyl (C=O) groups excluding carboxylic acids is 1. The summed E-state index contributed by atoms with van der Waals surface area (Å²) < 4.78 is 25.8. The van der Waals surface area contributed by atoms with Gasteiger partial charge in [-0.25, -0.2) is 8.78 Å². The number of carboxylic acids is 1. The van der Waals surface area contributed by atoms with Crippen molar-refractivity contribution in [3.63, 3.8) is 0 Å². The molecule has 0 aliphatic heterocycles. The number of aliphatic carboxylic acids is 1. The van der Waals surface area contributed by atoms with Gasteiger partial charge in [-0.3, -0.25) is 20.4 Å². The summed E-state index contributed by atoms with van der Waals surface area (Å²) in [5.74, 6) is -3.35. The number of carbonyl (C=O) groups is 2. The first-order chi connectivity index (χ1) is 8.90. The molecule has 0 aliphatic rings. The average Bonchev–Trinajstić information content (AvgIpc) is 2.34. The maximum atomic E-state index is 13.2. The van der Waals surface area contributed by atoms with E-state index in [-0.39, 0.29) is 18.5 Å². The van der Waals surface area contributed by atoms with Crippen molar-refractivity contribution in [3.8, 4) is 0 Å². The second kappa shape index (κ2) is 6.64. The van der Waals surface area contributed by atoms with E-state index in [0.717, 1.165) is 12.1 Å². The zero-order valence-electron chi connectivity index (χ0n) is 9.82. The Morgan fingerprint density at radius 1 is 1.37 bits per heavy atom. The minimum atomic E-state index is -1.20. The van der Waals surface area contributed by atoms with Gasteiger partial charge in [-0.1, -0.05) is 0 Å². The number of benzene rings is 1. The van der Waals surface area contributed by atoms with Gasteiger partial charge >= 0.3 is 5.97 Å². The second-order valence-electron chi connectivity index (χ2n) is 3.78. The van der Waals surface area contributed by atoms with Crippen molar-refractivity contribution < 1.29 is 23.5 Å². The highest BCUT2D eigenvalue weighted by Crippen LogP contribution is 2.13. The quantitative estimate of drug-likeness (QED) is 0.568. The number of rotatable bonds is 6. The lowest BCUT2D eigenvalue weighted by Gasteiger charge is -2.10. The number of nitrogens with one attached hydrogen (secondary N) is 2. The SMILES string of the molecule is N[C@@H](CCC(=O)NNc1ccc(F)cc1F)C(=O)O. The molecule has 0 unspecified atom stereocenters. The first-order valence-electron chi connectivity index (χ1n) is 5.38. The van der Waals surface area contributed by atoms with Crippen molar-refractivity contribution in [1.29, 1.82) is 0 Å². The normalized spacial score (nSPS) is 11.7. The zero-order chi connectivity index (χ0) is 14.4. The minimum absolute atomic E-state index is 0.0469. The van der Waals surface area contributed by atoms with Gasteiger partial charge in [0.05, 0.1) is 5.69 Å². The molecule has 0 aromatic heterocycles. The molecule has 0 radical (unpaired) electrons. The number of anilines is 1. The lowest BCUT2D eigenvalue weighted by molar-refractivity contribution is -0.138. The predicted molar refractivity (Wildman–Crippen MR) is 63.0 cm³/mol. The van der Waals surface area contributed by atoms with Gasteiger partial charge in [-0.05, 0) is 18.6 Å². The third-order valence-corrected chi connectivity index (χ3v) is 2.27. The molecule has 8 heteroatoms. The second-order valence-corrected chi connectivity index (χ2v) is 3.78. The molecule has 0 saturated carbocycles. The van der Waals surface area contributed by atoms with E-state index < -0.39 is 29.6 Å². The van der Waals surface area contributed by atoms with Crippen LogP contribution in [0.4, 0.5) is 14.5 Å². The van der Waals surface area contributed by atoms with Gasteiger partial charge in [0, 0.05) is 12.5 Å². The Hall–Kier alpha value is -2.22. The highest BCUT2D eigenvalue weighted by Gasteiger charge is 2.13. The van der Waals surface area contributed by atoms with Gasteiger partial charge in [0.25, 0.3) is 0 Å². The number of hydrazine groups is 1. The molecule has 0 fully saturated rings. The summed E-state index contributed by atoms with van der Waals surface area (Å²) in [4.78, 5) is 21.7. The van der Waals surface area contributed by atoms with Crippen LogP contribution in [-0.2, 0) is 9.59 Å². The molecule has 1 amide bonds. The zero-order valence-corrected chi connectivity index (χ0v) is 9.82. The summed E-state index contributed by atoms with van der Waals surface area (Å²) in [7, 11) is 0. The molecule has 6 nitrogen and oxygen atoms in total. The summed E-state index contributed by atoms with van der Waals surface area (Å²) in [6.45, 7) is 0. The Morgan fingerprint density at radius 2 is 2.05 bits per heavy atom. The largest absolute Gasteiger partial charge is 0.480 e. The lowest BCUT2D eigenvalue weighted by Crippen LogP contribution is -2.34. The Balaban J connectivity index is 2.40. The molecule has 19 heavy (non-hydrogen) atoms. The van der Waals surface area contributed by atoms with Gasteiger partial charge in [0.1, 0.15) is 11.9 Å². The summed E-state index contributed by atoms with van der Waals surface area (Å²) in [5, 5.41) is 8.51. The van der Waals surface area contributed by atoms with Crippen molar-refractivity contribution in [3.05, 3.63) is 29.8 Å². The molecular weight excluding hydrogens is 260 g/mol. The number of halogens is 2. The van der Waals surface area contributed by atoms with Gasteiger partial charge in [0.2, 0.25) is 5.91 Å².